The highest BCUT2D eigenvalue weighted by molar-refractivity contribution is 5.91. The number of hydrogen-bond donors (Lipinski definition) is 1. The zero-order valence-electron chi connectivity index (χ0n) is 15.9. The molecule has 2 heterocycles. The maximum absolute atomic E-state index is 12.2. The number of benzene rings is 1. The largest absolute Gasteiger partial charge is 0.493 e. The lowest BCUT2D eigenvalue weighted by Crippen LogP contribution is -2.44. The normalized spacial score (nSPS) is 14.7. The van der Waals surface area contributed by atoms with E-state index >= 15 is 0 Å². The Labute approximate surface area is 159 Å². The number of carbonyl (C=O) groups excluding carboxylic acids is 1. The molecule has 0 bridgehead atoms. The van der Waals surface area contributed by atoms with Crippen molar-refractivity contribution < 1.29 is 14.3 Å². The van der Waals surface area contributed by atoms with Gasteiger partial charge in [-0.1, -0.05) is 6.07 Å². The van der Waals surface area contributed by atoms with Crippen molar-refractivity contribution in [2.24, 2.45) is 0 Å². The van der Waals surface area contributed by atoms with Crippen LogP contribution in [-0.4, -0.2) is 67.7 Å². The fourth-order valence-corrected chi connectivity index (χ4v) is 2.84. The molecule has 0 saturated carbocycles. The molecule has 27 heavy (non-hydrogen) atoms. The van der Waals surface area contributed by atoms with Crippen molar-refractivity contribution in [3.63, 3.8) is 0 Å². The molecule has 1 aliphatic rings. The van der Waals surface area contributed by atoms with E-state index in [-0.39, 0.29) is 12.5 Å². The number of aryl methyl sites for hydroxylation is 1. The van der Waals surface area contributed by atoms with Gasteiger partial charge in [0.2, 0.25) is 0 Å². The minimum absolute atomic E-state index is 0.132. The quantitative estimate of drug-likeness (QED) is 0.825. The number of piperazine rings is 1. The second kappa shape index (κ2) is 8.68. The Balaban J connectivity index is 1.57. The van der Waals surface area contributed by atoms with Crippen molar-refractivity contribution in [3.8, 4) is 11.5 Å². The first kappa shape index (κ1) is 18.9. The molecule has 1 saturated heterocycles. The fraction of sp³-hybridized carbons (Fsp3) is 0.421. The third-order valence-corrected chi connectivity index (χ3v) is 4.43. The number of nitrogens with zero attached hydrogens (tertiary/aromatic N) is 4. The van der Waals surface area contributed by atoms with Crippen LogP contribution in [0.15, 0.2) is 30.6 Å². The van der Waals surface area contributed by atoms with Gasteiger partial charge in [-0.25, -0.2) is 9.97 Å². The number of anilines is 2. The second-order valence-electron chi connectivity index (χ2n) is 6.54. The average Bonchev–Trinajstić information content (AvgIpc) is 2.67. The van der Waals surface area contributed by atoms with Crippen molar-refractivity contribution in [2.45, 2.75) is 6.92 Å². The van der Waals surface area contributed by atoms with Gasteiger partial charge in [0, 0.05) is 32.2 Å². The second-order valence-corrected chi connectivity index (χ2v) is 6.54. The summed E-state index contributed by atoms with van der Waals surface area (Å²) in [5.74, 6) is 2.11. The lowest BCUT2D eigenvalue weighted by Gasteiger charge is -2.33. The molecule has 3 rings (SSSR count). The number of ether oxygens (including phenoxy) is 2. The zero-order chi connectivity index (χ0) is 19.2. The summed E-state index contributed by atoms with van der Waals surface area (Å²) in [7, 11) is 3.68. The van der Waals surface area contributed by atoms with Gasteiger partial charge in [0.05, 0.1) is 7.11 Å². The number of carbonyl (C=O) groups is 1. The summed E-state index contributed by atoms with van der Waals surface area (Å²) in [5.41, 5.74) is 1.06. The lowest BCUT2D eigenvalue weighted by molar-refractivity contribution is -0.118. The van der Waals surface area contributed by atoms with E-state index in [9.17, 15) is 4.79 Å². The van der Waals surface area contributed by atoms with Crippen molar-refractivity contribution in [1.82, 2.24) is 14.9 Å². The van der Waals surface area contributed by atoms with E-state index in [1.807, 2.05) is 19.1 Å². The first-order chi connectivity index (χ1) is 13.0. The molecule has 0 radical (unpaired) electrons. The molecular formula is C19H25N5O3. The van der Waals surface area contributed by atoms with E-state index in [4.69, 9.17) is 9.47 Å². The molecule has 1 N–H and O–H groups in total. The van der Waals surface area contributed by atoms with Gasteiger partial charge in [-0.2, -0.15) is 0 Å². The Morgan fingerprint density at radius 3 is 2.67 bits per heavy atom. The standard InChI is InChI=1S/C19H25N5O3/c1-14-4-5-15(16(10-14)26-3)27-12-19(25)22-17-11-18(21-13-20-17)24-8-6-23(2)7-9-24/h4-5,10-11,13H,6-9,12H2,1-3H3,(H,20,21,22,25). The summed E-state index contributed by atoms with van der Waals surface area (Å²) in [6.07, 6.45) is 1.47. The maximum Gasteiger partial charge on any atom is 0.263 e. The predicted molar refractivity (Wildman–Crippen MR) is 104 cm³/mol. The molecule has 0 atom stereocenters. The average molecular weight is 371 g/mol. The molecule has 8 heteroatoms. The van der Waals surface area contributed by atoms with Gasteiger partial charge in [0.1, 0.15) is 18.0 Å². The predicted octanol–water partition coefficient (Wildman–Crippen LogP) is 1.56. The number of rotatable bonds is 6. The van der Waals surface area contributed by atoms with E-state index < -0.39 is 0 Å². The van der Waals surface area contributed by atoms with Crippen LogP contribution in [0.3, 0.4) is 0 Å². The monoisotopic (exact) mass is 371 g/mol. The number of amides is 1. The van der Waals surface area contributed by atoms with Gasteiger partial charge in [-0.05, 0) is 31.7 Å². The van der Waals surface area contributed by atoms with Crippen LogP contribution in [0.4, 0.5) is 11.6 Å². The minimum atomic E-state index is -0.291. The van der Waals surface area contributed by atoms with Crippen molar-refractivity contribution >= 4 is 17.5 Å². The van der Waals surface area contributed by atoms with Crippen molar-refractivity contribution in [1.29, 1.82) is 0 Å². The van der Waals surface area contributed by atoms with Gasteiger partial charge in [-0.15, -0.1) is 0 Å². The van der Waals surface area contributed by atoms with Crippen LogP contribution in [0.2, 0.25) is 0 Å². The van der Waals surface area contributed by atoms with Crippen LogP contribution in [-0.2, 0) is 4.79 Å². The molecule has 0 aliphatic carbocycles. The van der Waals surface area contributed by atoms with Crippen LogP contribution < -0.4 is 19.7 Å². The molecule has 1 aliphatic heterocycles. The third kappa shape index (κ3) is 5.07. The van der Waals surface area contributed by atoms with Gasteiger partial charge in [-0.3, -0.25) is 4.79 Å². The summed E-state index contributed by atoms with van der Waals surface area (Å²) < 4.78 is 10.9. The van der Waals surface area contributed by atoms with E-state index in [2.05, 4.69) is 32.1 Å². The maximum atomic E-state index is 12.2. The van der Waals surface area contributed by atoms with Gasteiger partial charge in [0.25, 0.3) is 5.91 Å². The highest BCUT2D eigenvalue weighted by atomic mass is 16.5. The number of methoxy groups -OCH3 is 1. The Morgan fingerprint density at radius 1 is 1.15 bits per heavy atom. The molecule has 144 valence electrons. The first-order valence-electron chi connectivity index (χ1n) is 8.88. The molecule has 1 aromatic carbocycles. The lowest BCUT2D eigenvalue weighted by atomic mass is 10.2. The Hall–Kier alpha value is -2.87. The molecule has 0 unspecified atom stereocenters. The van der Waals surface area contributed by atoms with E-state index in [1.54, 1.807) is 19.2 Å². The van der Waals surface area contributed by atoms with Crippen LogP contribution in [0, 0.1) is 6.92 Å². The Bertz CT molecular complexity index is 791. The molecule has 1 amide bonds. The number of nitrogens with one attached hydrogen (secondary N) is 1. The summed E-state index contributed by atoms with van der Waals surface area (Å²) in [6, 6.07) is 7.34. The molecule has 1 fully saturated rings. The minimum Gasteiger partial charge on any atom is -0.493 e. The van der Waals surface area contributed by atoms with Crippen LogP contribution in [0.25, 0.3) is 0 Å². The summed E-state index contributed by atoms with van der Waals surface area (Å²) in [6.45, 7) is 5.60. The SMILES string of the molecule is COc1cc(C)ccc1OCC(=O)Nc1cc(N2CCN(C)CC2)ncn1. The summed E-state index contributed by atoms with van der Waals surface area (Å²) in [5, 5.41) is 2.76. The topological polar surface area (TPSA) is 79.8 Å². The fourth-order valence-electron chi connectivity index (χ4n) is 2.84. The van der Waals surface area contributed by atoms with Crippen LogP contribution >= 0.6 is 0 Å². The number of likely N-dealkylation sites (N-methyl/N-ethyl adjacent to an activating group) is 1. The van der Waals surface area contributed by atoms with Crippen molar-refractivity contribution in [2.75, 3.05) is 57.2 Å². The molecule has 2 aromatic rings. The summed E-state index contributed by atoms with van der Waals surface area (Å²) in [4.78, 5) is 25.1. The van der Waals surface area contributed by atoms with Gasteiger partial charge >= 0.3 is 0 Å². The molecular weight excluding hydrogens is 346 g/mol. The molecule has 0 spiro atoms. The van der Waals surface area contributed by atoms with E-state index in [0.29, 0.717) is 17.3 Å². The highest BCUT2D eigenvalue weighted by Gasteiger charge is 2.16. The zero-order valence-corrected chi connectivity index (χ0v) is 15.9. The van der Waals surface area contributed by atoms with Gasteiger partial charge < -0.3 is 24.6 Å². The van der Waals surface area contributed by atoms with Crippen LogP contribution in [0.5, 0.6) is 11.5 Å². The van der Waals surface area contributed by atoms with E-state index in [1.165, 1.54) is 6.33 Å². The first-order valence-corrected chi connectivity index (χ1v) is 8.88. The number of hydrogen-bond acceptors (Lipinski definition) is 7. The molecule has 1 aromatic heterocycles. The smallest absolute Gasteiger partial charge is 0.263 e. The third-order valence-electron chi connectivity index (χ3n) is 4.43. The van der Waals surface area contributed by atoms with Crippen molar-refractivity contribution in [3.05, 3.63) is 36.2 Å². The number of aromatic nitrogens is 2. The Morgan fingerprint density at radius 2 is 1.93 bits per heavy atom. The van der Waals surface area contributed by atoms with Crippen LogP contribution in [0.1, 0.15) is 5.56 Å². The molecule has 8 nitrogen and oxygen atoms in total. The van der Waals surface area contributed by atoms with Gasteiger partial charge in [0.15, 0.2) is 18.1 Å². The Kier molecular flexibility index (Phi) is 6.08. The van der Waals surface area contributed by atoms with E-state index in [0.717, 1.165) is 37.6 Å². The highest BCUT2D eigenvalue weighted by Crippen LogP contribution is 2.27. The summed E-state index contributed by atoms with van der Waals surface area (Å²) >= 11 is 0.